The third-order valence-corrected chi connectivity index (χ3v) is 4.48. The van der Waals surface area contributed by atoms with Gasteiger partial charge >= 0.3 is 0 Å². The van der Waals surface area contributed by atoms with Gasteiger partial charge < -0.3 is 4.74 Å². The third-order valence-electron chi connectivity index (χ3n) is 2.67. The molecule has 21 heavy (non-hydrogen) atoms. The van der Waals surface area contributed by atoms with Gasteiger partial charge in [0.25, 0.3) is 0 Å². The van der Waals surface area contributed by atoms with Crippen LogP contribution in [0.5, 0.6) is 5.75 Å². The summed E-state index contributed by atoms with van der Waals surface area (Å²) in [6, 6.07) is 5.52. The summed E-state index contributed by atoms with van der Waals surface area (Å²) >= 11 is 3.38. The maximum absolute atomic E-state index is 11.3. The highest BCUT2D eigenvalue weighted by atomic mass is 79.9. The molecule has 0 saturated carbocycles. The molecule has 0 aliphatic rings. The van der Waals surface area contributed by atoms with Gasteiger partial charge in [-0.05, 0) is 25.1 Å². The van der Waals surface area contributed by atoms with Crippen LogP contribution in [0.25, 0.3) is 0 Å². The van der Waals surface area contributed by atoms with E-state index >= 15 is 0 Å². The maximum atomic E-state index is 11.3. The zero-order chi connectivity index (χ0) is 15.9. The lowest BCUT2D eigenvalue weighted by Crippen LogP contribution is -2.29. The number of nitrogens with zero attached hydrogens (tertiary/aromatic N) is 1. The van der Waals surface area contributed by atoms with Crippen molar-refractivity contribution < 1.29 is 22.9 Å². The van der Waals surface area contributed by atoms with Gasteiger partial charge in [0, 0.05) is 23.6 Å². The smallest absolute Gasteiger partial charge is 0.211 e. The van der Waals surface area contributed by atoms with Crippen LogP contribution in [0.15, 0.2) is 22.7 Å². The van der Waals surface area contributed by atoms with E-state index < -0.39 is 10.0 Å². The second-order valence-corrected chi connectivity index (χ2v) is 7.36. The number of likely N-dealkylation sites (N-methyl/N-ethyl adjacent to an activating group) is 1. The fraction of sp³-hybridized carbons (Fsp3) is 0.538. The number of hydrogen-bond donors (Lipinski definition) is 0. The molecule has 120 valence electrons. The average molecular weight is 382 g/mol. The molecule has 0 aliphatic heterocycles. The summed E-state index contributed by atoms with van der Waals surface area (Å²) in [6.07, 6.45) is 1.16. The highest BCUT2D eigenvalue weighted by molar-refractivity contribution is 9.10. The topological polar surface area (TPSA) is 65.1 Å². The van der Waals surface area contributed by atoms with Crippen LogP contribution in [0.3, 0.4) is 0 Å². The van der Waals surface area contributed by atoms with Crippen molar-refractivity contribution in [2.24, 2.45) is 0 Å². The zero-order valence-corrected chi connectivity index (χ0v) is 14.7. The van der Waals surface area contributed by atoms with Gasteiger partial charge in [0.15, 0.2) is 0 Å². The summed E-state index contributed by atoms with van der Waals surface area (Å²) in [6.45, 7) is 3.08. The third kappa shape index (κ3) is 6.75. The van der Waals surface area contributed by atoms with Crippen molar-refractivity contribution in [3.05, 3.63) is 28.2 Å². The summed E-state index contributed by atoms with van der Waals surface area (Å²) in [5.74, 6) is 0.639. The molecule has 6 nitrogen and oxygen atoms in total. The maximum Gasteiger partial charge on any atom is 0.211 e. The molecule has 0 radical (unpaired) electrons. The standard InChI is InChI=1S/C13H20BrNO5S/c1-4-19-20-10-11-9-12(14)5-6-13(11)18-8-7-15(2)21(3,16)17/h5-6,9H,4,7-8,10H2,1-3H3. The summed E-state index contributed by atoms with van der Waals surface area (Å²) in [5, 5.41) is 0. The van der Waals surface area contributed by atoms with Gasteiger partial charge in [0.1, 0.15) is 19.0 Å². The average Bonchev–Trinajstić information content (AvgIpc) is 2.40. The number of ether oxygens (including phenoxy) is 1. The van der Waals surface area contributed by atoms with Crippen LogP contribution < -0.4 is 4.74 Å². The summed E-state index contributed by atoms with van der Waals surface area (Å²) in [7, 11) is -1.68. The first kappa shape index (κ1) is 18.4. The number of benzene rings is 1. The number of halogens is 1. The van der Waals surface area contributed by atoms with E-state index in [2.05, 4.69) is 15.9 Å². The fourth-order valence-electron chi connectivity index (χ4n) is 1.44. The second kappa shape index (κ2) is 8.70. The summed E-state index contributed by atoms with van der Waals surface area (Å²) in [4.78, 5) is 9.90. The SMILES string of the molecule is CCOOCc1cc(Br)ccc1OCCN(C)S(C)(=O)=O. The Hall–Kier alpha value is -0.670. The zero-order valence-electron chi connectivity index (χ0n) is 12.3. The molecule has 0 bridgehead atoms. The fourth-order valence-corrected chi connectivity index (χ4v) is 2.25. The van der Waals surface area contributed by atoms with Crippen molar-refractivity contribution in [3.63, 3.8) is 0 Å². The molecule has 0 heterocycles. The van der Waals surface area contributed by atoms with Crippen molar-refractivity contribution in [1.29, 1.82) is 0 Å². The van der Waals surface area contributed by atoms with E-state index in [1.165, 1.54) is 11.4 Å². The van der Waals surface area contributed by atoms with E-state index in [1.54, 1.807) is 6.07 Å². The molecular formula is C13H20BrNO5S. The lowest BCUT2D eigenvalue weighted by molar-refractivity contribution is -0.300. The minimum absolute atomic E-state index is 0.254. The highest BCUT2D eigenvalue weighted by Gasteiger charge is 2.11. The minimum Gasteiger partial charge on any atom is -0.492 e. The van der Waals surface area contributed by atoms with E-state index in [9.17, 15) is 8.42 Å². The van der Waals surface area contributed by atoms with Crippen LogP contribution in [-0.2, 0) is 26.4 Å². The quantitative estimate of drug-likeness (QED) is 0.372. The van der Waals surface area contributed by atoms with Crippen molar-refractivity contribution in [1.82, 2.24) is 4.31 Å². The Bertz CT molecular complexity index is 549. The largest absolute Gasteiger partial charge is 0.492 e. The molecule has 0 amide bonds. The molecule has 0 aliphatic carbocycles. The Kier molecular flexibility index (Phi) is 7.61. The molecule has 0 aromatic heterocycles. The molecule has 1 aromatic carbocycles. The Morgan fingerprint density at radius 1 is 1.29 bits per heavy atom. The van der Waals surface area contributed by atoms with Crippen molar-refractivity contribution in [2.75, 3.05) is 33.1 Å². The molecule has 0 atom stereocenters. The van der Waals surface area contributed by atoms with Crippen LogP contribution in [0.2, 0.25) is 0 Å². The molecular weight excluding hydrogens is 362 g/mol. The normalized spacial score (nSPS) is 11.9. The molecule has 0 unspecified atom stereocenters. The molecule has 8 heteroatoms. The van der Waals surface area contributed by atoms with Crippen molar-refractivity contribution in [3.8, 4) is 5.75 Å². The van der Waals surface area contributed by atoms with Gasteiger partial charge in [0.2, 0.25) is 10.0 Å². The molecule has 1 rings (SSSR count). The van der Waals surface area contributed by atoms with Crippen LogP contribution in [0, 0.1) is 0 Å². The van der Waals surface area contributed by atoms with Crippen LogP contribution in [0.4, 0.5) is 0 Å². The Morgan fingerprint density at radius 3 is 2.62 bits per heavy atom. The van der Waals surface area contributed by atoms with E-state index in [4.69, 9.17) is 14.5 Å². The predicted octanol–water partition coefficient (Wildman–Crippen LogP) is 2.19. The van der Waals surface area contributed by atoms with Crippen LogP contribution in [0.1, 0.15) is 12.5 Å². The van der Waals surface area contributed by atoms with E-state index in [-0.39, 0.29) is 19.8 Å². The predicted molar refractivity (Wildman–Crippen MR) is 83.5 cm³/mol. The van der Waals surface area contributed by atoms with E-state index in [0.717, 1.165) is 16.3 Å². The van der Waals surface area contributed by atoms with E-state index in [1.807, 2.05) is 19.1 Å². The van der Waals surface area contributed by atoms with Gasteiger partial charge in [-0.25, -0.2) is 22.5 Å². The first-order valence-corrected chi connectivity index (χ1v) is 9.05. The summed E-state index contributed by atoms with van der Waals surface area (Å²) in [5.41, 5.74) is 0.819. The second-order valence-electron chi connectivity index (χ2n) is 4.35. The Morgan fingerprint density at radius 2 is 2.00 bits per heavy atom. The number of hydrogen-bond acceptors (Lipinski definition) is 5. The van der Waals surface area contributed by atoms with Gasteiger partial charge in [-0.15, -0.1) is 0 Å². The molecule has 0 saturated heterocycles. The van der Waals surface area contributed by atoms with Crippen LogP contribution >= 0.6 is 15.9 Å². The first-order valence-electron chi connectivity index (χ1n) is 6.41. The van der Waals surface area contributed by atoms with Gasteiger partial charge in [-0.3, -0.25) is 0 Å². The van der Waals surface area contributed by atoms with Crippen LogP contribution in [-0.4, -0.2) is 45.8 Å². The molecule has 0 N–H and O–H groups in total. The lowest BCUT2D eigenvalue weighted by atomic mass is 10.2. The lowest BCUT2D eigenvalue weighted by Gasteiger charge is -2.16. The Balaban J connectivity index is 2.61. The minimum atomic E-state index is -3.19. The Labute approximate surface area is 134 Å². The van der Waals surface area contributed by atoms with Crippen molar-refractivity contribution >= 4 is 26.0 Å². The van der Waals surface area contributed by atoms with E-state index in [0.29, 0.717) is 12.4 Å². The highest BCUT2D eigenvalue weighted by Crippen LogP contribution is 2.24. The number of rotatable bonds is 9. The molecule has 0 fully saturated rings. The van der Waals surface area contributed by atoms with Gasteiger partial charge in [-0.2, -0.15) is 0 Å². The van der Waals surface area contributed by atoms with Gasteiger partial charge in [0.05, 0.1) is 12.9 Å². The van der Waals surface area contributed by atoms with Crippen molar-refractivity contribution in [2.45, 2.75) is 13.5 Å². The molecule has 0 spiro atoms. The summed E-state index contributed by atoms with van der Waals surface area (Å²) < 4.78 is 30.3. The number of sulfonamides is 1. The molecule has 1 aromatic rings. The van der Waals surface area contributed by atoms with Gasteiger partial charge in [-0.1, -0.05) is 15.9 Å². The first-order chi connectivity index (χ1) is 9.84. The monoisotopic (exact) mass is 381 g/mol.